The molecule has 0 aliphatic heterocycles. The Morgan fingerprint density at radius 2 is 1.82 bits per heavy atom. The molecule has 5 heteroatoms. The van der Waals surface area contributed by atoms with Crippen LogP contribution in [0.2, 0.25) is 0 Å². The van der Waals surface area contributed by atoms with E-state index < -0.39 is 6.43 Å². The van der Waals surface area contributed by atoms with Gasteiger partial charge in [-0.1, -0.05) is 24.3 Å². The zero-order valence-electron chi connectivity index (χ0n) is 9.74. The molecule has 0 amide bonds. The standard InChI is InChI=1S/C12H15F2NO2/c1-15-10(7-11(16)17-2)8-3-5-9(6-4-8)12(13)14/h3-6,10,12,15H,7H2,1-2H3. The second-order valence-electron chi connectivity index (χ2n) is 3.59. The van der Waals surface area contributed by atoms with Crippen LogP contribution in [0, 0.1) is 0 Å². The largest absolute Gasteiger partial charge is 0.469 e. The van der Waals surface area contributed by atoms with Crippen LogP contribution in [0.4, 0.5) is 8.78 Å². The lowest BCUT2D eigenvalue weighted by Gasteiger charge is -2.15. The molecule has 1 atom stereocenters. The molecule has 1 N–H and O–H groups in total. The smallest absolute Gasteiger partial charge is 0.307 e. The lowest BCUT2D eigenvalue weighted by atomic mass is 10.0. The van der Waals surface area contributed by atoms with Crippen LogP contribution in [0.25, 0.3) is 0 Å². The fourth-order valence-corrected chi connectivity index (χ4v) is 1.51. The van der Waals surface area contributed by atoms with Gasteiger partial charge >= 0.3 is 5.97 Å². The van der Waals surface area contributed by atoms with Crippen molar-refractivity contribution in [2.24, 2.45) is 0 Å². The average Bonchev–Trinajstić information content (AvgIpc) is 2.35. The second kappa shape index (κ2) is 6.30. The third-order valence-electron chi connectivity index (χ3n) is 2.54. The van der Waals surface area contributed by atoms with Crippen molar-refractivity contribution < 1.29 is 18.3 Å². The summed E-state index contributed by atoms with van der Waals surface area (Å²) >= 11 is 0. The SMILES string of the molecule is CNC(CC(=O)OC)c1ccc(C(F)F)cc1. The van der Waals surface area contributed by atoms with Crippen LogP contribution < -0.4 is 5.32 Å². The quantitative estimate of drug-likeness (QED) is 0.807. The van der Waals surface area contributed by atoms with Crippen molar-refractivity contribution in [2.75, 3.05) is 14.2 Å². The Hall–Kier alpha value is -1.49. The summed E-state index contributed by atoms with van der Waals surface area (Å²) in [5.74, 6) is -0.345. The van der Waals surface area contributed by atoms with Crippen molar-refractivity contribution >= 4 is 5.97 Å². The van der Waals surface area contributed by atoms with E-state index in [0.29, 0.717) is 0 Å². The van der Waals surface area contributed by atoms with Gasteiger partial charge in [-0.3, -0.25) is 4.79 Å². The van der Waals surface area contributed by atoms with E-state index in [1.807, 2.05) is 0 Å². The molecule has 1 unspecified atom stereocenters. The predicted molar refractivity (Wildman–Crippen MR) is 59.8 cm³/mol. The highest BCUT2D eigenvalue weighted by molar-refractivity contribution is 5.70. The number of ether oxygens (including phenoxy) is 1. The average molecular weight is 243 g/mol. The normalized spacial score (nSPS) is 12.5. The number of hydrogen-bond donors (Lipinski definition) is 1. The number of carbonyl (C=O) groups excluding carboxylic acids is 1. The minimum Gasteiger partial charge on any atom is -0.469 e. The number of esters is 1. The number of halogens is 2. The number of benzene rings is 1. The minimum absolute atomic E-state index is 0.0262. The molecule has 17 heavy (non-hydrogen) atoms. The Labute approximate surface area is 98.8 Å². The molecular formula is C12H15F2NO2. The Kier molecular flexibility index (Phi) is 5.03. The van der Waals surface area contributed by atoms with E-state index in [-0.39, 0.29) is 24.0 Å². The molecular weight excluding hydrogens is 228 g/mol. The number of methoxy groups -OCH3 is 1. The van der Waals surface area contributed by atoms with Gasteiger partial charge in [-0.15, -0.1) is 0 Å². The second-order valence-corrected chi connectivity index (χ2v) is 3.59. The van der Waals surface area contributed by atoms with Crippen LogP contribution in [0.15, 0.2) is 24.3 Å². The van der Waals surface area contributed by atoms with E-state index in [2.05, 4.69) is 10.1 Å². The third kappa shape index (κ3) is 3.78. The monoisotopic (exact) mass is 243 g/mol. The van der Waals surface area contributed by atoms with Crippen molar-refractivity contribution in [3.05, 3.63) is 35.4 Å². The Morgan fingerprint density at radius 1 is 1.29 bits per heavy atom. The zero-order valence-corrected chi connectivity index (χ0v) is 9.74. The summed E-state index contributed by atoms with van der Waals surface area (Å²) in [4.78, 5) is 11.1. The van der Waals surface area contributed by atoms with Gasteiger partial charge in [-0.2, -0.15) is 0 Å². The highest BCUT2D eigenvalue weighted by atomic mass is 19.3. The topological polar surface area (TPSA) is 38.3 Å². The Morgan fingerprint density at radius 3 is 2.24 bits per heavy atom. The molecule has 1 rings (SSSR count). The van der Waals surface area contributed by atoms with Crippen molar-refractivity contribution in [3.8, 4) is 0 Å². The molecule has 0 heterocycles. The van der Waals surface area contributed by atoms with Gasteiger partial charge in [0.15, 0.2) is 0 Å². The van der Waals surface area contributed by atoms with Crippen molar-refractivity contribution in [3.63, 3.8) is 0 Å². The van der Waals surface area contributed by atoms with Crippen LogP contribution >= 0.6 is 0 Å². The van der Waals surface area contributed by atoms with Gasteiger partial charge in [0.1, 0.15) is 0 Å². The van der Waals surface area contributed by atoms with Crippen LogP contribution in [-0.4, -0.2) is 20.1 Å². The van der Waals surface area contributed by atoms with Gasteiger partial charge in [0.2, 0.25) is 0 Å². The first-order chi connectivity index (χ1) is 8.08. The fraction of sp³-hybridized carbons (Fsp3) is 0.417. The van der Waals surface area contributed by atoms with Crippen molar-refractivity contribution in [2.45, 2.75) is 18.9 Å². The number of alkyl halides is 2. The van der Waals surface area contributed by atoms with Gasteiger partial charge in [-0.05, 0) is 12.6 Å². The highest BCUT2D eigenvalue weighted by Crippen LogP contribution is 2.22. The summed E-state index contributed by atoms with van der Waals surface area (Å²) in [5, 5.41) is 2.94. The van der Waals surface area contributed by atoms with E-state index in [1.54, 1.807) is 19.2 Å². The molecule has 0 saturated carbocycles. The van der Waals surface area contributed by atoms with E-state index in [4.69, 9.17) is 0 Å². The molecule has 0 radical (unpaired) electrons. The van der Waals surface area contributed by atoms with Gasteiger partial charge < -0.3 is 10.1 Å². The number of nitrogens with one attached hydrogen (secondary N) is 1. The van der Waals surface area contributed by atoms with Crippen LogP contribution in [0.5, 0.6) is 0 Å². The van der Waals surface area contributed by atoms with Crippen LogP contribution in [-0.2, 0) is 9.53 Å². The number of rotatable bonds is 5. The number of hydrogen-bond acceptors (Lipinski definition) is 3. The number of carbonyl (C=O) groups is 1. The van der Waals surface area contributed by atoms with Crippen molar-refractivity contribution in [1.82, 2.24) is 5.32 Å². The first-order valence-electron chi connectivity index (χ1n) is 5.20. The zero-order chi connectivity index (χ0) is 12.8. The molecule has 1 aromatic rings. The van der Waals surface area contributed by atoms with Crippen LogP contribution in [0.3, 0.4) is 0 Å². The van der Waals surface area contributed by atoms with E-state index >= 15 is 0 Å². The van der Waals surface area contributed by atoms with E-state index in [0.717, 1.165) is 5.56 Å². The summed E-state index contributed by atoms with van der Waals surface area (Å²) in [5.41, 5.74) is 0.754. The molecule has 1 aromatic carbocycles. The lowest BCUT2D eigenvalue weighted by Crippen LogP contribution is -2.20. The molecule has 0 aliphatic rings. The van der Waals surface area contributed by atoms with E-state index in [9.17, 15) is 13.6 Å². The Balaban J connectivity index is 2.78. The maximum Gasteiger partial charge on any atom is 0.307 e. The summed E-state index contributed by atoms with van der Waals surface area (Å²) in [6.45, 7) is 0. The van der Waals surface area contributed by atoms with Crippen LogP contribution in [0.1, 0.15) is 30.0 Å². The molecule has 3 nitrogen and oxygen atoms in total. The molecule has 0 fully saturated rings. The molecule has 0 bridgehead atoms. The predicted octanol–water partition coefficient (Wildman–Crippen LogP) is 2.45. The lowest BCUT2D eigenvalue weighted by molar-refractivity contribution is -0.141. The van der Waals surface area contributed by atoms with Crippen molar-refractivity contribution in [1.29, 1.82) is 0 Å². The Bertz CT molecular complexity index is 365. The molecule has 0 spiro atoms. The van der Waals surface area contributed by atoms with Gasteiger partial charge in [0, 0.05) is 11.6 Å². The summed E-state index contributed by atoms with van der Waals surface area (Å²) in [6, 6.07) is 5.68. The third-order valence-corrected chi connectivity index (χ3v) is 2.54. The molecule has 0 saturated heterocycles. The van der Waals surface area contributed by atoms with Gasteiger partial charge in [0.25, 0.3) is 6.43 Å². The fourth-order valence-electron chi connectivity index (χ4n) is 1.51. The van der Waals surface area contributed by atoms with Gasteiger partial charge in [-0.25, -0.2) is 8.78 Å². The summed E-state index contributed by atoms with van der Waals surface area (Å²) in [6.07, 6.45) is -2.31. The summed E-state index contributed by atoms with van der Waals surface area (Å²) < 4.78 is 29.3. The van der Waals surface area contributed by atoms with E-state index in [1.165, 1.54) is 19.2 Å². The molecule has 0 aromatic heterocycles. The first kappa shape index (κ1) is 13.6. The van der Waals surface area contributed by atoms with Gasteiger partial charge in [0.05, 0.1) is 13.5 Å². The molecule has 0 aliphatic carbocycles. The minimum atomic E-state index is -2.47. The maximum atomic E-state index is 12.4. The first-order valence-corrected chi connectivity index (χ1v) is 5.20. The molecule has 94 valence electrons. The highest BCUT2D eigenvalue weighted by Gasteiger charge is 2.15. The summed E-state index contributed by atoms with van der Waals surface area (Å²) in [7, 11) is 3.02. The maximum absolute atomic E-state index is 12.4.